The number of halogens is 1. The summed E-state index contributed by atoms with van der Waals surface area (Å²) in [6.07, 6.45) is 1.38. The molecule has 1 aromatic carbocycles. The van der Waals surface area contributed by atoms with Crippen LogP contribution in [0.4, 0.5) is 4.39 Å². The molecule has 0 aliphatic heterocycles. The quantitative estimate of drug-likeness (QED) is 0.905. The standard InChI is InChI=1S/C14H16FNO2/c1-9-10(5-4-8-13(17)18)11-6-3-7-12(15)14(11)16(9)2/h3,6-7H,4-5,8H2,1-2H3,(H,17,18). The predicted molar refractivity (Wildman–Crippen MR) is 68.2 cm³/mol. The summed E-state index contributed by atoms with van der Waals surface area (Å²) in [6, 6.07) is 5.03. The van der Waals surface area contributed by atoms with Crippen LogP contribution >= 0.6 is 0 Å². The third-order valence-corrected chi connectivity index (χ3v) is 3.40. The smallest absolute Gasteiger partial charge is 0.303 e. The summed E-state index contributed by atoms with van der Waals surface area (Å²) >= 11 is 0. The van der Waals surface area contributed by atoms with E-state index < -0.39 is 5.97 Å². The van der Waals surface area contributed by atoms with Crippen LogP contribution in [0.1, 0.15) is 24.1 Å². The molecular formula is C14H16FNO2. The van der Waals surface area contributed by atoms with Crippen molar-refractivity contribution in [2.75, 3.05) is 0 Å². The van der Waals surface area contributed by atoms with Gasteiger partial charge in [0, 0.05) is 24.5 Å². The summed E-state index contributed by atoms with van der Waals surface area (Å²) < 4.78 is 15.6. The van der Waals surface area contributed by atoms with Gasteiger partial charge in [-0.15, -0.1) is 0 Å². The van der Waals surface area contributed by atoms with Gasteiger partial charge < -0.3 is 9.67 Å². The van der Waals surface area contributed by atoms with Crippen molar-refractivity contribution in [2.24, 2.45) is 7.05 Å². The van der Waals surface area contributed by atoms with Gasteiger partial charge in [0.15, 0.2) is 0 Å². The van der Waals surface area contributed by atoms with E-state index in [0.717, 1.165) is 16.6 Å². The number of para-hydroxylation sites is 1. The minimum atomic E-state index is -0.793. The van der Waals surface area contributed by atoms with Crippen LogP contribution < -0.4 is 0 Å². The number of hydrogen-bond acceptors (Lipinski definition) is 1. The molecule has 4 heteroatoms. The first kappa shape index (κ1) is 12.6. The van der Waals surface area contributed by atoms with Crippen molar-refractivity contribution < 1.29 is 14.3 Å². The minimum absolute atomic E-state index is 0.144. The Hall–Kier alpha value is -1.84. The Labute approximate surface area is 105 Å². The molecule has 0 amide bonds. The van der Waals surface area contributed by atoms with E-state index in [2.05, 4.69) is 0 Å². The van der Waals surface area contributed by atoms with Crippen molar-refractivity contribution in [3.63, 3.8) is 0 Å². The van der Waals surface area contributed by atoms with E-state index in [0.29, 0.717) is 18.4 Å². The molecular weight excluding hydrogens is 233 g/mol. The number of aliphatic carboxylic acids is 1. The molecule has 0 bridgehead atoms. The van der Waals surface area contributed by atoms with Crippen molar-refractivity contribution in [1.82, 2.24) is 4.57 Å². The highest BCUT2D eigenvalue weighted by Crippen LogP contribution is 2.28. The highest BCUT2D eigenvalue weighted by atomic mass is 19.1. The highest BCUT2D eigenvalue weighted by Gasteiger charge is 2.14. The van der Waals surface area contributed by atoms with Gasteiger partial charge in [-0.2, -0.15) is 0 Å². The number of rotatable bonds is 4. The molecule has 2 rings (SSSR count). The lowest BCUT2D eigenvalue weighted by Gasteiger charge is -2.01. The molecule has 1 N–H and O–H groups in total. The largest absolute Gasteiger partial charge is 0.481 e. The van der Waals surface area contributed by atoms with Crippen LogP contribution in [-0.4, -0.2) is 15.6 Å². The number of aromatic nitrogens is 1. The van der Waals surface area contributed by atoms with Crippen molar-refractivity contribution >= 4 is 16.9 Å². The second-order valence-corrected chi connectivity index (χ2v) is 4.51. The van der Waals surface area contributed by atoms with Crippen LogP contribution in [0, 0.1) is 12.7 Å². The lowest BCUT2D eigenvalue weighted by atomic mass is 10.0. The molecule has 0 spiro atoms. The Bertz CT molecular complexity index is 601. The van der Waals surface area contributed by atoms with Crippen LogP contribution in [-0.2, 0) is 18.3 Å². The Morgan fingerprint density at radius 3 is 2.83 bits per heavy atom. The molecule has 96 valence electrons. The highest BCUT2D eigenvalue weighted by molar-refractivity contribution is 5.86. The molecule has 0 fully saturated rings. The zero-order valence-electron chi connectivity index (χ0n) is 10.5. The first-order valence-electron chi connectivity index (χ1n) is 5.96. The molecule has 3 nitrogen and oxygen atoms in total. The summed E-state index contributed by atoms with van der Waals surface area (Å²) in [5.41, 5.74) is 2.65. The molecule has 18 heavy (non-hydrogen) atoms. The number of carbonyl (C=O) groups is 1. The minimum Gasteiger partial charge on any atom is -0.481 e. The van der Waals surface area contributed by atoms with Crippen LogP contribution in [0.2, 0.25) is 0 Å². The normalized spacial score (nSPS) is 11.1. The van der Waals surface area contributed by atoms with Gasteiger partial charge in [-0.25, -0.2) is 4.39 Å². The summed E-state index contributed by atoms with van der Waals surface area (Å²) in [5, 5.41) is 9.55. The fraction of sp³-hybridized carbons (Fsp3) is 0.357. The lowest BCUT2D eigenvalue weighted by molar-refractivity contribution is -0.137. The van der Waals surface area contributed by atoms with Gasteiger partial charge in [0.05, 0.1) is 5.52 Å². The van der Waals surface area contributed by atoms with Gasteiger partial charge in [-0.1, -0.05) is 12.1 Å². The number of carboxylic acid groups (broad SMARTS) is 1. The Balaban J connectivity index is 2.41. The van der Waals surface area contributed by atoms with Gasteiger partial charge in [0.25, 0.3) is 0 Å². The van der Waals surface area contributed by atoms with E-state index in [1.165, 1.54) is 6.07 Å². The molecule has 1 heterocycles. The third-order valence-electron chi connectivity index (χ3n) is 3.40. The maximum absolute atomic E-state index is 13.8. The van der Waals surface area contributed by atoms with Gasteiger partial charge in [-0.3, -0.25) is 4.79 Å². The van der Waals surface area contributed by atoms with Crippen LogP contribution in [0.15, 0.2) is 18.2 Å². The second kappa shape index (κ2) is 4.80. The van der Waals surface area contributed by atoms with E-state index in [1.54, 1.807) is 6.07 Å². The van der Waals surface area contributed by atoms with Crippen LogP contribution in [0.25, 0.3) is 10.9 Å². The number of nitrogens with zero attached hydrogens (tertiary/aromatic N) is 1. The molecule has 0 aliphatic rings. The Morgan fingerprint density at radius 2 is 2.17 bits per heavy atom. The van der Waals surface area contributed by atoms with Gasteiger partial charge in [-0.05, 0) is 31.4 Å². The monoisotopic (exact) mass is 249 g/mol. The van der Waals surface area contributed by atoms with E-state index in [1.807, 2.05) is 24.6 Å². The Morgan fingerprint density at radius 1 is 1.44 bits per heavy atom. The molecule has 1 aromatic heterocycles. The van der Waals surface area contributed by atoms with E-state index in [9.17, 15) is 9.18 Å². The van der Waals surface area contributed by atoms with Gasteiger partial charge in [0.2, 0.25) is 0 Å². The topological polar surface area (TPSA) is 42.2 Å². The molecule has 0 unspecified atom stereocenters. The van der Waals surface area contributed by atoms with Crippen molar-refractivity contribution in [3.8, 4) is 0 Å². The molecule has 0 radical (unpaired) electrons. The zero-order valence-corrected chi connectivity index (χ0v) is 10.5. The van der Waals surface area contributed by atoms with Crippen molar-refractivity contribution in [2.45, 2.75) is 26.2 Å². The fourth-order valence-corrected chi connectivity index (χ4v) is 2.40. The lowest BCUT2D eigenvalue weighted by Crippen LogP contribution is -1.97. The molecule has 0 atom stereocenters. The predicted octanol–water partition coefficient (Wildman–Crippen LogP) is 3.03. The summed E-state index contributed by atoms with van der Waals surface area (Å²) in [4.78, 5) is 10.5. The zero-order chi connectivity index (χ0) is 13.3. The van der Waals surface area contributed by atoms with E-state index in [-0.39, 0.29) is 12.2 Å². The van der Waals surface area contributed by atoms with Crippen LogP contribution in [0.5, 0.6) is 0 Å². The summed E-state index contributed by atoms with van der Waals surface area (Å²) in [5.74, 6) is -1.03. The summed E-state index contributed by atoms with van der Waals surface area (Å²) in [7, 11) is 1.83. The number of carboxylic acids is 1. The van der Waals surface area contributed by atoms with Gasteiger partial charge >= 0.3 is 5.97 Å². The van der Waals surface area contributed by atoms with E-state index in [4.69, 9.17) is 5.11 Å². The number of hydrogen-bond donors (Lipinski definition) is 1. The first-order valence-corrected chi connectivity index (χ1v) is 5.96. The molecule has 0 saturated carbocycles. The third kappa shape index (κ3) is 2.10. The fourth-order valence-electron chi connectivity index (χ4n) is 2.40. The number of benzene rings is 1. The van der Waals surface area contributed by atoms with Crippen LogP contribution in [0.3, 0.4) is 0 Å². The molecule has 2 aromatic rings. The maximum atomic E-state index is 13.8. The molecule has 0 saturated heterocycles. The second-order valence-electron chi connectivity index (χ2n) is 4.51. The number of aryl methyl sites for hydroxylation is 2. The number of fused-ring (bicyclic) bond motifs is 1. The van der Waals surface area contributed by atoms with Crippen molar-refractivity contribution in [3.05, 3.63) is 35.3 Å². The average Bonchev–Trinajstić information content (AvgIpc) is 2.55. The SMILES string of the molecule is Cc1c(CCCC(=O)O)c2cccc(F)c2n1C. The average molecular weight is 249 g/mol. The van der Waals surface area contributed by atoms with Crippen molar-refractivity contribution in [1.29, 1.82) is 0 Å². The van der Waals surface area contributed by atoms with E-state index >= 15 is 0 Å². The molecule has 0 aliphatic carbocycles. The Kier molecular flexibility index (Phi) is 3.36. The van der Waals surface area contributed by atoms with Gasteiger partial charge in [0.1, 0.15) is 5.82 Å². The maximum Gasteiger partial charge on any atom is 0.303 e. The first-order chi connectivity index (χ1) is 8.52. The summed E-state index contributed by atoms with van der Waals surface area (Å²) in [6.45, 7) is 1.94.